The normalized spacial score (nSPS) is 20.2. The van der Waals surface area contributed by atoms with Gasteiger partial charge in [-0.2, -0.15) is 0 Å². The largest absolute Gasteiger partial charge is 0.395 e. The van der Waals surface area contributed by atoms with Crippen molar-refractivity contribution in [3.8, 4) is 0 Å². The van der Waals surface area contributed by atoms with E-state index >= 15 is 0 Å². The summed E-state index contributed by atoms with van der Waals surface area (Å²) >= 11 is 6.21. The van der Waals surface area contributed by atoms with Crippen molar-refractivity contribution in [3.63, 3.8) is 0 Å². The first-order chi connectivity index (χ1) is 9.29. The van der Waals surface area contributed by atoms with E-state index in [4.69, 9.17) is 11.6 Å². The van der Waals surface area contributed by atoms with Gasteiger partial charge in [0.1, 0.15) is 0 Å². The van der Waals surface area contributed by atoms with Crippen LogP contribution in [0.15, 0.2) is 30.5 Å². The number of hydrogen-bond donors (Lipinski definition) is 1. The van der Waals surface area contributed by atoms with E-state index in [-0.39, 0.29) is 12.6 Å². The third-order valence-electron chi connectivity index (χ3n) is 3.88. The van der Waals surface area contributed by atoms with Crippen molar-refractivity contribution < 1.29 is 5.11 Å². The monoisotopic (exact) mass is 276 g/mol. The maximum Gasteiger partial charge on any atom is 0.0761 e. The van der Waals surface area contributed by atoms with Crippen LogP contribution in [0, 0.1) is 0 Å². The minimum atomic E-state index is 0.235. The van der Waals surface area contributed by atoms with Crippen molar-refractivity contribution in [3.05, 3.63) is 41.0 Å². The van der Waals surface area contributed by atoms with Gasteiger partial charge in [-0.25, -0.2) is 0 Å². The van der Waals surface area contributed by atoms with Gasteiger partial charge in [0.2, 0.25) is 0 Å². The molecule has 1 aromatic heterocycles. The van der Waals surface area contributed by atoms with Gasteiger partial charge in [0.25, 0.3) is 0 Å². The van der Waals surface area contributed by atoms with Crippen molar-refractivity contribution in [1.82, 2.24) is 9.88 Å². The Balaban J connectivity index is 1.95. The zero-order chi connectivity index (χ0) is 13.2. The summed E-state index contributed by atoms with van der Waals surface area (Å²) < 4.78 is 0. The van der Waals surface area contributed by atoms with Gasteiger partial charge in [0, 0.05) is 29.2 Å². The maximum absolute atomic E-state index is 9.39. The number of aliphatic hydroxyl groups is 1. The molecule has 1 N–H and O–H groups in total. The lowest BCUT2D eigenvalue weighted by Crippen LogP contribution is -2.31. The molecule has 3 nitrogen and oxygen atoms in total. The van der Waals surface area contributed by atoms with Gasteiger partial charge in [-0.1, -0.05) is 17.7 Å². The Hall–Kier alpha value is -1.16. The molecule has 4 heteroatoms. The van der Waals surface area contributed by atoms with Crippen molar-refractivity contribution in [2.45, 2.75) is 25.4 Å². The van der Waals surface area contributed by atoms with Crippen molar-refractivity contribution >= 4 is 22.5 Å². The van der Waals surface area contributed by atoms with Crippen LogP contribution >= 0.6 is 11.6 Å². The van der Waals surface area contributed by atoms with Gasteiger partial charge >= 0.3 is 0 Å². The number of hydrogen-bond acceptors (Lipinski definition) is 3. The summed E-state index contributed by atoms with van der Waals surface area (Å²) in [6.07, 6.45) is 4.04. The summed E-state index contributed by atoms with van der Waals surface area (Å²) in [5.74, 6) is 0. The number of fused-ring (bicyclic) bond motifs is 1. The number of likely N-dealkylation sites (tertiary alicyclic amines) is 1. The molecule has 2 heterocycles. The van der Waals surface area contributed by atoms with E-state index < -0.39 is 0 Å². The van der Waals surface area contributed by atoms with Crippen LogP contribution in [0.25, 0.3) is 10.9 Å². The van der Waals surface area contributed by atoms with Gasteiger partial charge in [0.05, 0.1) is 12.1 Å². The van der Waals surface area contributed by atoms with Crippen LogP contribution in [0.5, 0.6) is 0 Å². The lowest BCUT2D eigenvalue weighted by molar-refractivity contribution is 0.154. The third kappa shape index (κ3) is 2.46. The number of halogens is 1. The third-order valence-corrected chi connectivity index (χ3v) is 4.21. The molecule has 2 aromatic rings. The predicted octanol–water partition coefficient (Wildman–Crippen LogP) is 2.84. The van der Waals surface area contributed by atoms with E-state index in [1.54, 1.807) is 6.20 Å². The Morgan fingerprint density at radius 1 is 1.37 bits per heavy atom. The fourth-order valence-electron chi connectivity index (χ4n) is 2.85. The first-order valence-corrected chi connectivity index (χ1v) is 7.04. The van der Waals surface area contributed by atoms with Gasteiger partial charge in [-0.05, 0) is 43.1 Å². The fraction of sp³-hybridized carbons (Fsp3) is 0.400. The molecular formula is C15H17ClN2O. The van der Waals surface area contributed by atoms with Crippen LogP contribution in [-0.2, 0) is 6.54 Å². The molecule has 100 valence electrons. The van der Waals surface area contributed by atoms with Crippen molar-refractivity contribution in [2.75, 3.05) is 13.2 Å². The average molecular weight is 277 g/mol. The summed E-state index contributed by atoms with van der Waals surface area (Å²) in [6.45, 7) is 2.11. The first-order valence-electron chi connectivity index (χ1n) is 6.66. The zero-order valence-corrected chi connectivity index (χ0v) is 11.5. The van der Waals surface area contributed by atoms with E-state index in [1.165, 1.54) is 5.56 Å². The van der Waals surface area contributed by atoms with Crippen LogP contribution in [0.3, 0.4) is 0 Å². The Labute approximate surface area is 117 Å². The molecule has 0 saturated carbocycles. The molecule has 1 fully saturated rings. The fourth-order valence-corrected chi connectivity index (χ4v) is 3.07. The number of rotatable bonds is 3. The number of aliphatic hydroxyl groups excluding tert-OH is 1. The van der Waals surface area contributed by atoms with E-state index in [1.807, 2.05) is 24.3 Å². The van der Waals surface area contributed by atoms with E-state index in [0.717, 1.165) is 41.9 Å². The molecule has 0 radical (unpaired) electrons. The minimum Gasteiger partial charge on any atom is -0.395 e. The maximum atomic E-state index is 9.39. The topological polar surface area (TPSA) is 36.4 Å². The molecule has 0 bridgehead atoms. The zero-order valence-electron chi connectivity index (χ0n) is 10.7. The molecule has 0 amide bonds. The highest BCUT2D eigenvalue weighted by Gasteiger charge is 2.24. The molecule has 1 aliphatic rings. The molecule has 19 heavy (non-hydrogen) atoms. The van der Waals surface area contributed by atoms with Gasteiger partial charge in [0.15, 0.2) is 0 Å². The highest BCUT2D eigenvalue weighted by molar-refractivity contribution is 6.35. The highest BCUT2D eigenvalue weighted by atomic mass is 35.5. The smallest absolute Gasteiger partial charge is 0.0761 e. The lowest BCUT2D eigenvalue weighted by atomic mass is 10.1. The van der Waals surface area contributed by atoms with Crippen LogP contribution in [-0.4, -0.2) is 34.2 Å². The number of pyridine rings is 1. The molecule has 1 aromatic carbocycles. The van der Waals surface area contributed by atoms with E-state index in [9.17, 15) is 5.11 Å². The predicted molar refractivity (Wildman–Crippen MR) is 77.3 cm³/mol. The summed E-state index contributed by atoms with van der Waals surface area (Å²) in [5, 5.41) is 11.1. The Kier molecular flexibility index (Phi) is 3.69. The molecular weight excluding hydrogens is 260 g/mol. The number of aromatic nitrogens is 1. The lowest BCUT2D eigenvalue weighted by Gasteiger charge is -2.23. The molecule has 1 saturated heterocycles. The standard InChI is InChI=1S/C15H17ClN2O/c16-14-6-5-11(15-13(14)4-1-7-17-15)9-18-8-2-3-12(18)10-19/h1,4-7,12,19H,2-3,8-10H2/t12-/m1/s1. The van der Waals surface area contributed by atoms with Crippen molar-refractivity contribution in [1.29, 1.82) is 0 Å². The second kappa shape index (κ2) is 5.45. The summed E-state index contributed by atoms with van der Waals surface area (Å²) in [7, 11) is 0. The molecule has 1 aliphatic heterocycles. The highest BCUT2D eigenvalue weighted by Crippen LogP contribution is 2.27. The molecule has 1 atom stereocenters. The second-order valence-electron chi connectivity index (χ2n) is 5.06. The van der Waals surface area contributed by atoms with Crippen LogP contribution in [0.1, 0.15) is 18.4 Å². The minimum absolute atomic E-state index is 0.235. The Bertz CT molecular complexity index is 587. The van der Waals surface area contributed by atoms with Gasteiger partial charge < -0.3 is 5.11 Å². The first kappa shape index (κ1) is 12.9. The summed E-state index contributed by atoms with van der Waals surface area (Å²) in [6, 6.07) is 8.18. The Morgan fingerprint density at radius 2 is 2.26 bits per heavy atom. The Morgan fingerprint density at radius 3 is 3.11 bits per heavy atom. The summed E-state index contributed by atoms with van der Waals surface area (Å²) in [4.78, 5) is 6.79. The quantitative estimate of drug-likeness (QED) is 0.936. The summed E-state index contributed by atoms with van der Waals surface area (Å²) in [5.41, 5.74) is 2.15. The van der Waals surface area contributed by atoms with Crippen LogP contribution in [0.4, 0.5) is 0 Å². The molecule has 0 aliphatic carbocycles. The van der Waals surface area contributed by atoms with E-state index in [0.29, 0.717) is 0 Å². The van der Waals surface area contributed by atoms with Gasteiger partial charge in [-0.3, -0.25) is 9.88 Å². The van der Waals surface area contributed by atoms with Crippen molar-refractivity contribution in [2.24, 2.45) is 0 Å². The van der Waals surface area contributed by atoms with Gasteiger partial charge in [-0.15, -0.1) is 0 Å². The molecule has 0 spiro atoms. The second-order valence-corrected chi connectivity index (χ2v) is 5.46. The SMILES string of the molecule is OC[C@H]1CCCN1Cc1ccc(Cl)c2cccnc12. The van der Waals surface area contributed by atoms with E-state index in [2.05, 4.69) is 9.88 Å². The van der Waals surface area contributed by atoms with Crippen LogP contribution in [0.2, 0.25) is 5.02 Å². The molecule has 0 unspecified atom stereocenters. The number of nitrogens with zero attached hydrogens (tertiary/aromatic N) is 2. The molecule has 3 rings (SSSR count). The van der Waals surface area contributed by atoms with Crippen LogP contribution < -0.4 is 0 Å². The average Bonchev–Trinajstić information content (AvgIpc) is 2.89. The number of benzene rings is 1.